The van der Waals surface area contributed by atoms with Gasteiger partial charge in [0.05, 0.1) is 0 Å². The Kier molecular flexibility index (Phi) is 4.32. The molecule has 19 heavy (non-hydrogen) atoms. The third-order valence-electron chi connectivity index (χ3n) is 5.23. The van der Waals surface area contributed by atoms with Crippen LogP contribution < -0.4 is 0 Å². The first-order valence-electron chi connectivity index (χ1n) is 8.31. The maximum Gasteiger partial charge on any atom is 0.0286 e. The number of likely N-dealkylation sites (tertiary alicyclic amines) is 2. The van der Waals surface area contributed by atoms with Gasteiger partial charge < -0.3 is 0 Å². The van der Waals surface area contributed by atoms with Crippen LogP contribution in [0.1, 0.15) is 67.7 Å². The Morgan fingerprint density at radius 3 is 2.26 bits per heavy atom. The predicted molar refractivity (Wildman–Crippen MR) is 83.5 cm³/mol. The molecular weight excluding hydrogens is 232 g/mol. The standard InChI is InChI=1S/C17H34N2/c1-8-9-13(4)16-15-10-14(11-18(15)12(2)3)19(16)17(5,6)7/h12-16H,8-11H2,1-7H3. The quantitative estimate of drug-likeness (QED) is 0.764. The molecule has 0 aromatic rings. The Labute approximate surface area is 120 Å². The molecule has 0 amide bonds. The first-order chi connectivity index (χ1) is 8.77. The molecule has 2 aliphatic rings. The lowest BCUT2D eigenvalue weighted by Crippen LogP contribution is -2.62. The summed E-state index contributed by atoms with van der Waals surface area (Å²) in [6.07, 6.45) is 4.08. The van der Waals surface area contributed by atoms with E-state index in [1.54, 1.807) is 0 Å². The molecule has 2 bridgehead atoms. The highest BCUT2D eigenvalue weighted by Gasteiger charge is 2.54. The van der Waals surface area contributed by atoms with Crippen LogP contribution in [0.3, 0.4) is 0 Å². The predicted octanol–water partition coefficient (Wildman–Crippen LogP) is 3.76. The summed E-state index contributed by atoms with van der Waals surface area (Å²) in [4.78, 5) is 5.63. The van der Waals surface area contributed by atoms with Crippen molar-refractivity contribution in [2.45, 2.75) is 97.4 Å². The van der Waals surface area contributed by atoms with Crippen LogP contribution in [0.15, 0.2) is 0 Å². The first-order valence-corrected chi connectivity index (χ1v) is 8.31. The Morgan fingerprint density at radius 1 is 1.16 bits per heavy atom. The molecule has 0 saturated carbocycles. The summed E-state index contributed by atoms with van der Waals surface area (Å²) >= 11 is 0. The average Bonchev–Trinajstić information content (AvgIpc) is 2.84. The van der Waals surface area contributed by atoms with E-state index in [-0.39, 0.29) is 0 Å². The van der Waals surface area contributed by atoms with E-state index >= 15 is 0 Å². The fraction of sp³-hybridized carbons (Fsp3) is 1.00. The second-order valence-electron chi connectivity index (χ2n) is 8.08. The van der Waals surface area contributed by atoms with Gasteiger partial charge in [0.1, 0.15) is 0 Å². The summed E-state index contributed by atoms with van der Waals surface area (Å²) in [6.45, 7) is 18.0. The van der Waals surface area contributed by atoms with Gasteiger partial charge in [-0.3, -0.25) is 9.80 Å². The van der Waals surface area contributed by atoms with Gasteiger partial charge in [-0.25, -0.2) is 0 Å². The number of fused-ring (bicyclic) bond motifs is 2. The molecule has 0 radical (unpaired) electrons. The fourth-order valence-electron chi connectivity index (χ4n) is 4.70. The zero-order valence-corrected chi connectivity index (χ0v) is 14.1. The van der Waals surface area contributed by atoms with E-state index in [2.05, 4.69) is 58.3 Å². The Bertz CT molecular complexity index is 305. The molecule has 2 heterocycles. The van der Waals surface area contributed by atoms with Crippen LogP contribution >= 0.6 is 0 Å². The number of hydrogen-bond acceptors (Lipinski definition) is 2. The Morgan fingerprint density at radius 2 is 1.79 bits per heavy atom. The van der Waals surface area contributed by atoms with E-state index in [0.717, 1.165) is 24.0 Å². The van der Waals surface area contributed by atoms with Gasteiger partial charge in [-0.15, -0.1) is 0 Å². The number of hydrogen-bond donors (Lipinski definition) is 0. The number of rotatable bonds is 4. The van der Waals surface area contributed by atoms with Crippen molar-refractivity contribution in [3.63, 3.8) is 0 Å². The summed E-state index contributed by atoms with van der Waals surface area (Å²) in [5.41, 5.74) is 0.315. The van der Waals surface area contributed by atoms with Crippen molar-refractivity contribution in [3.8, 4) is 0 Å². The third kappa shape index (κ3) is 2.71. The van der Waals surface area contributed by atoms with Gasteiger partial charge in [-0.2, -0.15) is 0 Å². The molecule has 0 aromatic heterocycles. The minimum atomic E-state index is 0.315. The summed E-state index contributed by atoms with van der Waals surface area (Å²) in [5.74, 6) is 0.820. The lowest BCUT2D eigenvalue weighted by Gasteiger charge is -2.50. The van der Waals surface area contributed by atoms with E-state index in [1.165, 1.54) is 25.8 Å². The maximum absolute atomic E-state index is 2.86. The molecule has 2 fully saturated rings. The van der Waals surface area contributed by atoms with E-state index in [4.69, 9.17) is 0 Å². The highest BCUT2D eigenvalue weighted by atomic mass is 15.4. The van der Waals surface area contributed by atoms with Gasteiger partial charge in [0.25, 0.3) is 0 Å². The molecule has 2 saturated heterocycles. The van der Waals surface area contributed by atoms with Crippen LogP contribution in [-0.2, 0) is 0 Å². The van der Waals surface area contributed by atoms with Crippen LogP contribution in [0, 0.1) is 5.92 Å². The zero-order valence-electron chi connectivity index (χ0n) is 14.1. The van der Waals surface area contributed by atoms with Crippen molar-refractivity contribution < 1.29 is 0 Å². The van der Waals surface area contributed by atoms with Crippen LogP contribution in [-0.4, -0.2) is 46.1 Å². The van der Waals surface area contributed by atoms with Crippen LogP contribution in [0.2, 0.25) is 0 Å². The van der Waals surface area contributed by atoms with E-state index in [1.807, 2.05) is 0 Å². The molecule has 2 heteroatoms. The molecule has 0 aliphatic carbocycles. The lowest BCUT2D eigenvalue weighted by atomic mass is 9.88. The third-order valence-corrected chi connectivity index (χ3v) is 5.23. The molecular formula is C17H34N2. The lowest BCUT2D eigenvalue weighted by molar-refractivity contribution is -0.0267. The molecule has 0 N–H and O–H groups in total. The van der Waals surface area contributed by atoms with Gasteiger partial charge in [0, 0.05) is 36.3 Å². The largest absolute Gasteiger partial charge is 0.295 e. The second-order valence-corrected chi connectivity index (χ2v) is 8.08. The second kappa shape index (κ2) is 5.37. The number of nitrogens with zero attached hydrogens (tertiary/aromatic N) is 2. The Hall–Kier alpha value is -0.0800. The maximum atomic E-state index is 2.86. The molecule has 4 unspecified atom stereocenters. The van der Waals surface area contributed by atoms with Gasteiger partial charge in [-0.05, 0) is 53.4 Å². The molecule has 2 rings (SSSR count). The van der Waals surface area contributed by atoms with Crippen molar-refractivity contribution in [1.29, 1.82) is 0 Å². The Balaban J connectivity index is 2.23. The monoisotopic (exact) mass is 266 g/mol. The van der Waals surface area contributed by atoms with E-state index in [0.29, 0.717) is 11.6 Å². The van der Waals surface area contributed by atoms with Crippen LogP contribution in [0.25, 0.3) is 0 Å². The topological polar surface area (TPSA) is 6.48 Å². The van der Waals surface area contributed by atoms with Crippen molar-refractivity contribution in [2.75, 3.05) is 6.54 Å². The smallest absolute Gasteiger partial charge is 0.0286 e. The zero-order chi connectivity index (χ0) is 14.4. The van der Waals surface area contributed by atoms with Crippen LogP contribution in [0.4, 0.5) is 0 Å². The molecule has 0 spiro atoms. The highest BCUT2D eigenvalue weighted by molar-refractivity contribution is 5.11. The molecule has 112 valence electrons. The summed E-state index contributed by atoms with van der Waals surface area (Å²) < 4.78 is 0. The average molecular weight is 266 g/mol. The minimum Gasteiger partial charge on any atom is -0.295 e. The fourth-order valence-corrected chi connectivity index (χ4v) is 4.70. The van der Waals surface area contributed by atoms with Crippen molar-refractivity contribution in [1.82, 2.24) is 9.80 Å². The van der Waals surface area contributed by atoms with Gasteiger partial charge in [0.15, 0.2) is 0 Å². The van der Waals surface area contributed by atoms with Crippen molar-refractivity contribution in [3.05, 3.63) is 0 Å². The first kappa shape index (κ1) is 15.3. The van der Waals surface area contributed by atoms with Crippen molar-refractivity contribution in [2.24, 2.45) is 5.92 Å². The number of piperazine rings is 1. The summed E-state index contributed by atoms with van der Waals surface area (Å²) in [7, 11) is 0. The summed E-state index contributed by atoms with van der Waals surface area (Å²) in [5, 5.41) is 0. The molecule has 0 aromatic carbocycles. The minimum absolute atomic E-state index is 0.315. The summed E-state index contributed by atoms with van der Waals surface area (Å²) in [6, 6.07) is 3.05. The highest BCUT2D eigenvalue weighted by Crippen LogP contribution is 2.44. The molecule has 2 aliphatic heterocycles. The molecule has 4 atom stereocenters. The molecule has 2 nitrogen and oxygen atoms in total. The van der Waals surface area contributed by atoms with Gasteiger partial charge in [0.2, 0.25) is 0 Å². The SMILES string of the molecule is CCCC(C)C1C2CC(CN2C(C)C)N1C(C)(C)C. The van der Waals surface area contributed by atoms with E-state index in [9.17, 15) is 0 Å². The van der Waals surface area contributed by atoms with E-state index < -0.39 is 0 Å². The van der Waals surface area contributed by atoms with Crippen molar-refractivity contribution >= 4 is 0 Å². The van der Waals surface area contributed by atoms with Crippen LogP contribution in [0.5, 0.6) is 0 Å². The normalized spacial score (nSPS) is 34.4. The van der Waals surface area contributed by atoms with Gasteiger partial charge >= 0.3 is 0 Å². The van der Waals surface area contributed by atoms with Gasteiger partial charge in [-0.1, -0.05) is 20.3 Å².